The van der Waals surface area contributed by atoms with E-state index in [-0.39, 0.29) is 12.2 Å². The zero-order valence-electron chi connectivity index (χ0n) is 8.78. The van der Waals surface area contributed by atoms with Crippen LogP contribution in [-0.2, 0) is 14.6 Å². The van der Waals surface area contributed by atoms with Crippen LogP contribution in [0.15, 0.2) is 0 Å². The molecule has 4 nitrogen and oxygen atoms in total. The summed E-state index contributed by atoms with van der Waals surface area (Å²) in [5.74, 6) is -0.766. The van der Waals surface area contributed by atoms with Crippen molar-refractivity contribution in [3.05, 3.63) is 0 Å². The van der Waals surface area contributed by atoms with E-state index < -0.39 is 20.5 Å². The van der Waals surface area contributed by atoms with Gasteiger partial charge in [-0.25, -0.2) is 8.42 Å². The summed E-state index contributed by atoms with van der Waals surface area (Å²) in [5, 5.41) is 8.37. The summed E-state index contributed by atoms with van der Waals surface area (Å²) in [6, 6.07) is 0. The van der Waals surface area contributed by atoms with Gasteiger partial charge in [-0.2, -0.15) is 0 Å². The van der Waals surface area contributed by atoms with Crippen LogP contribution in [-0.4, -0.2) is 30.0 Å². The third-order valence-electron chi connectivity index (χ3n) is 1.95. The molecule has 0 bridgehead atoms. The largest absolute Gasteiger partial charge is 0.481 e. The third-order valence-corrected chi connectivity index (χ3v) is 4.97. The number of carboxylic acids is 1. The van der Waals surface area contributed by atoms with Crippen LogP contribution in [0.2, 0.25) is 0 Å². The lowest BCUT2D eigenvalue weighted by Crippen LogP contribution is -2.18. The first-order valence-electron chi connectivity index (χ1n) is 4.97. The normalized spacial score (nSPS) is 13.7. The molecular weight excluding hydrogens is 240 g/mol. The molecule has 0 aromatic rings. The van der Waals surface area contributed by atoms with Crippen LogP contribution in [0, 0.1) is 0 Å². The second-order valence-corrected chi connectivity index (χ2v) is 6.51. The van der Waals surface area contributed by atoms with Crippen molar-refractivity contribution in [1.29, 1.82) is 0 Å². The molecule has 1 unspecified atom stereocenters. The highest BCUT2D eigenvalue weighted by atomic mass is 35.5. The first-order chi connectivity index (χ1) is 6.90. The molecule has 0 saturated heterocycles. The Morgan fingerprint density at radius 1 is 1.40 bits per heavy atom. The topological polar surface area (TPSA) is 71.4 Å². The molecular formula is C9H17ClO4S. The summed E-state index contributed by atoms with van der Waals surface area (Å²) >= 11 is 5.73. The first kappa shape index (κ1) is 14.7. The molecule has 0 fully saturated rings. The number of hydrogen-bond donors (Lipinski definition) is 1. The summed E-state index contributed by atoms with van der Waals surface area (Å²) in [7, 11) is -3.19. The molecule has 15 heavy (non-hydrogen) atoms. The Labute approximate surface area is 95.5 Å². The van der Waals surface area contributed by atoms with Gasteiger partial charge < -0.3 is 5.11 Å². The first-order valence-corrected chi connectivity index (χ1v) is 7.12. The van der Waals surface area contributed by atoms with E-state index in [4.69, 9.17) is 16.7 Å². The third kappa shape index (κ3) is 6.73. The van der Waals surface area contributed by atoms with Crippen molar-refractivity contribution in [2.45, 2.75) is 43.7 Å². The van der Waals surface area contributed by atoms with Gasteiger partial charge in [-0.15, -0.1) is 11.6 Å². The number of aliphatic carboxylic acids is 1. The zero-order valence-corrected chi connectivity index (χ0v) is 10.4. The molecule has 0 amide bonds. The molecule has 0 saturated carbocycles. The minimum atomic E-state index is -3.19. The monoisotopic (exact) mass is 256 g/mol. The maximum Gasteiger partial charge on any atom is 0.303 e. The van der Waals surface area contributed by atoms with E-state index >= 15 is 0 Å². The van der Waals surface area contributed by atoms with E-state index in [0.717, 1.165) is 0 Å². The van der Waals surface area contributed by atoms with Crippen molar-refractivity contribution in [3.8, 4) is 0 Å². The summed E-state index contributed by atoms with van der Waals surface area (Å²) in [6.45, 7) is 1.78. The molecule has 0 aromatic carbocycles. The van der Waals surface area contributed by atoms with Gasteiger partial charge >= 0.3 is 5.97 Å². The van der Waals surface area contributed by atoms with Crippen molar-refractivity contribution in [1.82, 2.24) is 0 Å². The van der Waals surface area contributed by atoms with Crippen molar-refractivity contribution < 1.29 is 18.3 Å². The number of carbonyl (C=O) groups is 1. The minimum absolute atomic E-state index is 0.0669. The van der Waals surface area contributed by atoms with Crippen LogP contribution in [0.1, 0.15) is 39.0 Å². The van der Waals surface area contributed by atoms with Gasteiger partial charge in [-0.05, 0) is 19.3 Å². The van der Waals surface area contributed by atoms with Crippen LogP contribution in [0.5, 0.6) is 0 Å². The van der Waals surface area contributed by atoms with Crippen LogP contribution < -0.4 is 0 Å². The molecule has 1 N–H and O–H groups in total. The van der Waals surface area contributed by atoms with Crippen LogP contribution in [0.25, 0.3) is 0 Å². The number of unbranched alkanes of at least 4 members (excludes halogenated alkanes) is 1. The van der Waals surface area contributed by atoms with Crippen LogP contribution in [0.4, 0.5) is 0 Å². The molecule has 0 spiro atoms. The average Bonchev–Trinajstić information content (AvgIpc) is 2.11. The Balaban J connectivity index is 3.83. The summed E-state index contributed by atoms with van der Waals surface area (Å²) < 4.78 is 22.0. The molecule has 0 aliphatic carbocycles. The van der Waals surface area contributed by atoms with E-state index in [1.165, 1.54) is 0 Å². The highest BCUT2D eigenvalue weighted by Crippen LogP contribution is 2.16. The maximum atomic E-state index is 11.4. The van der Waals surface area contributed by atoms with Gasteiger partial charge in [0.15, 0.2) is 9.84 Å². The van der Waals surface area contributed by atoms with Gasteiger partial charge in [0.1, 0.15) is 4.71 Å². The van der Waals surface area contributed by atoms with Gasteiger partial charge in [-0.1, -0.05) is 13.3 Å². The second kappa shape index (κ2) is 7.06. The lowest BCUT2D eigenvalue weighted by Gasteiger charge is -2.09. The number of hydrogen-bond acceptors (Lipinski definition) is 3. The fourth-order valence-electron chi connectivity index (χ4n) is 1.17. The highest BCUT2D eigenvalue weighted by Gasteiger charge is 2.21. The van der Waals surface area contributed by atoms with Gasteiger partial charge in [0.05, 0.1) is 5.75 Å². The summed E-state index contributed by atoms with van der Waals surface area (Å²) in [5.41, 5.74) is 0. The number of sulfone groups is 1. The van der Waals surface area contributed by atoms with Crippen molar-refractivity contribution in [2.75, 3.05) is 5.75 Å². The van der Waals surface area contributed by atoms with E-state index in [1.54, 1.807) is 6.92 Å². The molecule has 0 rings (SSSR count). The SMILES string of the molecule is CCCS(=O)(=O)C(Cl)CCCCC(=O)O. The molecule has 0 aliphatic heterocycles. The predicted octanol–water partition coefficient (Wildman–Crippen LogP) is 2.02. The summed E-state index contributed by atoms with van der Waals surface area (Å²) in [4.78, 5) is 10.2. The van der Waals surface area contributed by atoms with Gasteiger partial charge in [0.2, 0.25) is 0 Å². The molecule has 1 atom stereocenters. The molecule has 0 aliphatic rings. The Morgan fingerprint density at radius 3 is 2.47 bits per heavy atom. The van der Waals surface area contributed by atoms with Gasteiger partial charge in [0, 0.05) is 6.42 Å². The fraction of sp³-hybridized carbons (Fsp3) is 0.889. The smallest absolute Gasteiger partial charge is 0.303 e. The quantitative estimate of drug-likeness (QED) is 0.533. The number of halogens is 1. The van der Waals surface area contributed by atoms with Crippen LogP contribution in [0.3, 0.4) is 0 Å². The fourth-order valence-corrected chi connectivity index (χ4v) is 2.95. The predicted molar refractivity (Wildman–Crippen MR) is 59.8 cm³/mol. The van der Waals surface area contributed by atoms with E-state index in [9.17, 15) is 13.2 Å². The second-order valence-electron chi connectivity index (χ2n) is 3.42. The Hall–Kier alpha value is -0.290. The number of rotatable bonds is 8. The van der Waals surface area contributed by atoms with E-state index in [2.05, 4.69) is 0 Å². The van der Waals surface area contributed by atoms with E-state index in [0.29, 0.717) is 25.7 Å². The maximum absolute atomic E-state index is 11.4. The molecule has 0 aromatic heterocycles. The van der Waals surface area contributed by atoms with Gasteiger partial charge in [-0.3, -0.25) is 4.79 Å². The highest BCUT2D eigenvalue weighted by molar-refractivity contribution is 7.93. The molecule has 0 radical (unpaired) electrons. The Bertz CT molecular complexity index is 286. The molecule has 0 heterocycles. The Morgan fingerprint density at radius 2 is 2.00 bits per heavy atom. The van der Waals surface area contributed by atoms with E-state index in [1.807, 2.05) is 0 Å². The van der Waals surface area contributed by atoms with Crippen molar-refractivity contribution >= 4 is 27.4 Å². The molecule has 90 valence electrons. The average molecular weight is 257 g/mol. The van der Waals surface area contributed by atoms with Gasteiger partial charge in [0.25, 0.3) is 0 Å². The summed E-state index contributed by atoms with van der Waals surface area (Å²) in [6.07, 6.45) is 1.96. The minimum Gasteiger partial charge on any atom is -0.481 e. The lowest BCUT2D eigenvalue weighted by atomic mass is 10.2. The standard InChI is InChI=1S/C9H17ClO4S/c1-2-7-15(13,14)8(10)5-3-4-6-9(11)12/h8H,2-7H2,1H3,(H,11,12). The number of carboxylic acid groups (broad SMARTS) is 1. The van der Waals surface area contributed by atoms with Crippen molar-refractivity contribution in [3.63, 3.8) is 0 Å². The molecule has 6 heteroatoms. The van der Waals surface area contributed by atoms with Crippen molar-refractivity contribution in [2.24, 2.45) is 0 Å². The zero-order chi connectivity index (χ0) is 11.9. The van der Waals surface area contributed by atoms with Crippen LogP contribution >= 0.6 is 11.6 Å². The Kier molecular flexibility index (Phi) is 6.92. The number of alkyl halides is 1. The lowest BCUT2D eigenvalue weighted by molar-refractivity contribution is -0.137.